The average Bonchev–Trinajstić information content (AvgIpc) is 2.82. The Morgan fingerprint density at radius 2 is 1.61 bits per heavy atom. The maximum absolute atomic E-state index is 13.9. The summed E-state index contributed by atoms with van der Waals surface area (Å²) in [4.78, 5) is 13.2. The van der Waals surface area contributed by atoms with E-state index in [0.29, 0.717) is 5.75 Å². The van der Waals surface area contributed by atoms with Gasteiger partial charge in [0.1, 0.15) is 17.9 Å². The zero-order valence-corrected chi connectivity index (χ0v) is 17.7. The Balaban J connectivity index is 1.83. The van der Waals surface area contributed by atoms with Gasteiger partial charge in [-0.15, -0.1) is 0 Å². The van der Waals surface area contributed by atoms with E-state index < -0.39 is 22.9 Å². The summed E-state index contributed by atoms with van der Waals surface area (Å²) in [5, 5.41) is -0.000143. The average molecular weight is 456 g/mol. The minimum atomic E-state index is -4.91. The standard InChI is InChI=1S/C25H19F3O5/c1-30-19-11-8-16(12-21(19)31-2)22-23(29)18-10-9-17(32-14-15-6-4-3-5-7-15)13-20(18)33-24(22)25(26,27)28/h3-13H,14H2,1-2H3. The fourth-order valence-electron chi connectivity index (χ4n) is 3.46. The van der Waals surface area contributed by atoms with E-state index >= 15 is 0 Å². The lowest BCUT2D eigenvalue weighted by Gasteiger charge is -2.15. The van der Waals surface area contributed by atoms with Crippen LogP contribution in [0.1, 0.15) is 11.3 Å². The van der Waals surface area contributed by atoms with Crippen LogP contribution in [0.15, 0.2) is 75.9 Å². The number of methoxy groups -OCH3 is 2. The van der Waals surface area contributed by atoms with Crippen molar-refractivity contribution in [2.75, 3.05) is 14.2 Å². The summed E-state index contributed by atoms with van der Waals surface area (Å²) in [6, 6.07) is 17.6. The van der Waals surface area contributed by atoms with Crippen molar-refractivity contribution < 1.29 is 31.8 Å². The van der Waals surface area contributed by atoms with E-state index in [9.17, 15) is 18.0 Å². The molecule has 0 N–H and O–H groups in total. The van der Waals surface area contributed by atoms with Crippen LogP contribution in [0.5, 0.6) is 17.2 Å². The topological polar surface area (TPSA) is 57.9 Å². The molecule has 0 amide bonds. The molecule has 0 saturated heterocycles. The van der Waals surface area contributed by atoms with Crippen LogP contribution < -0.4 is 19.6 Å². The number of ether oxygens (including phenoxy) is 3. The molecule has 1 heterocycles. The molecule has 0 saturated carbocycles. The number of benzene rings is 3. The molecule has 0 spiro atoms. The van der Waals surface area contributed by atoms with Gasteiger partial charge in [0, 0.05) is 6.07 Å². The summed E-state index contributed by atoms with van der Waals surface area (Å²) in [6.45, 7) is 0.215. The Kier molecular flexibility index (Phi) is 6.00. The minimum absolute atomic E-state index is 0.0000270. The van der Waals surface area contributed by atoms with Crippen molar-refractivity contribution in [3.8, 4) is 28.4 Å². The van der Waals surface area contributed by atoms with Crippen molar-refractivity contribution in [1.82, 2.24) is 0 Å². The minimum Gasteiger partial charge on any atom is -0.493 e. The highest BCUT2D eigenvalue weighted by molar-refractivity contribution is 5.84. The Morgan fingerprint density at radius 1 is 0.879 bits per heavy atom. The van der Waals surface area contributed by atoms with Crippen molar-refractivity contribution in [3.05, 3.63) is 88.3 Å². The van der Waals surface area contributed by atoms with Crippen LogP contribution in [0.25, 0.3) is 22.1 Å². The van der Waals surface area contributed by atoms with Gasteiger partial charge in [0.2, 0.25) is 11.2 Å². The Bertz CT molecular complexity index is 1340. The molecule has 0 radical (unpaired) electrons. The molecule has 3 aromatic carbocycles. The highest BCUT2D eigenvalue weighted by atomic mass is 19.4. The van der Waals surface area contributed by atoms with E-state index in [0.717, 1.165) is 5.56 Å². The summed E-state index contributed by atoms with van der Waals surface area (Å²) in [7, 11) is 2.76. The molecule has 0 aliphatic carbocycles. The van der Waals surface area contributed by atoms with E-state index in [2.05, 4.69) is 0 Å². The number of alkyl halides is 3. The Labute approximate surface area is 186 Å². The summed E-state index contributed by atoms with van der Waals surface area (Å²) in [6.07, 6.45) is -4.91. The van der Waals surface area contributed by atoms with Crippen molar-refractivity contribution >= 4 is 11.0 Å². The fraction of sp³-hybridized carbons (Fsp3) is 0.160. The predicted molar refractivity (Wildman–Crippen MR) is 117 cm³/mol. The summed E-state index contributed by atoms with van der Waals surface area (Å²) < 4.78 is 63.0. The van der Waals surface area contributed by atoms with Gasteiger partial charge >= 0.3 is 6.18 Å². The van der Waals surface area contributed by atoms with E-state index in [1.165, 1.54) is 50.6 Å². The van der Waals surface area contributed by atoms with Gasteiger partial charge < -0.3 is 18.6 Å². The molecule has 5 nitrogen and oxygen atoms in total. The SMILES string of the molecule is COc1ccc(-c2c(C(F)(F)F)oc3cc(OCc4ccccc4)ccc3c2=O)cc1OC. The predicted octanol–water partition coefficient (Wildman–Crippen LogP) is 6.08. The van der Waals surface area contributed by atoms with Gasteiger partial charge in [-0.1, -0.05) is 36.4 Å². The molecular formula is C25H19F3O5. The van der Waals surface area contributed by atoms with Crippen LogP contribution in [-0.4, -0.2) is 14.2 Å². The van der Waals surface area contributed by atoms with Crippen LogP contribution in [0.4, 0.5) is 13.2 Å². The number of hydrogen-bond donors (Lipinski definition) is 0. The quantitative estimate of drug-likeness (QED) is 0.352. The van der Waals surface area contributed by atoms with E-state index in [1.807, 2.05) is 30.3 Å². The number of fused-ring (bicyclic) bond motifs is 1. The molecule has 0 aliphatic heterocycles. The molecule has 1 aromatic heterocycles. The highest BCUT2D eigenvalue weighted by Gasteiger charge is 2.39. The van der Waals surface area contributed by atoms with Gasteiger partial charge in [-0.2, -0.15) is 13.2 Å². The summed E-state index contributed by atoms with van der Waals surface area (Å²) >= 11 is 0. The van der Waals surface area contributed by atoms with E-state index in [1.54, 1.807) is 0 Å². The van der Waals surface area contributed by atoms with Gasteiger partial charge in [0.25, 0.3) is 0 Å². The maximum Gasteiger partial charge on any atom is 0.450 e. The lowest BCUT2D eigenvalue weighted by molar-refractivity contribution is -0.152. The van der Waals surface area contributed by atoms with Crippen LogP contribution in [0.3, 0.4) is 0 Å². The van der Waals surface area contributed by atoms with Crippen LogP contribution in [0, 0.1) is 0 Å². The smallest absolute Gasteiger partial charge is 0.450 e. The van der Waals surface area contributed by atoms with E-state index in [-0.39, 0.29) is 34.6 Å². The number of halogens is 3. The third kappa shape index (κ3) is 4.50. The van der Waals surface area contributed by atoms with Crippen molar-refractivity contribution in [3.63, 3.8) is 0 Å². The van der Waals surface area contributed by atoms with Gasteiger partial charge in [0.05, 0.1) is 25.2 Å². The molecule has 0 fully saturated rings. The molecule has 0 aliphatic rings. The van der Waals surface area contributed by atoms with E-state index in [4.69, 9.17) is 18.6 Å². The van der Waals surface area contributed by atoms with Crippen LogP contribution in [-0.2, 0) is 12.8 Å². The highest BCUT2D eigenvalue weighted by Crippen LogP contribution is 2.40. The lowest BCUT2D eigenvalue weighted by Crippen LogP contribution is -2.16. The third-order valence-electron chi connectivity index (χ3n) is 5.04. The third-order valence-corrected chi connectivity index (χ3v) is 5.04. The number of hydrogen-bond acceptors (Lipinski definition) is 5. The molecule has 170 valence electrons. The van der Waals surface area contributed by atoms with Crippen molar-refractivity contribution in [2.45, 2.75) is 12.8 Å². The molecule has 0 bridgehead atoms. The van der Waals surface area contributed by atoms with Gasteiger partial charge in [-0.05, 0) is 35.4 Å². The molecular weight excluding hydrogens is 437 g/mol. The zero-order valence-electron chi connectivity index (χ0n) is 17.7. The molecule has 4 rings (SSSR count). The fourth-order valence-corrected chi connectivity index (χ4v) is 3.46. The Morgan fingerprint density at radius 3 is 2.27 bits per heavy atom. The second-order valence-electron chi connectivity index (χ2n) is 7.14. The molecule has 8 heteroatoms. The first-order valence-corrected chi connectivity index (χ1v) is 9.89. The lowest BCUT2D eigenvalue weighted by atomic mass is 10.0. The molecule has 4 aromatic rings. The Hall–Kier alpha value is -3.94. The normalized spacial score (nSPS) is 11.4. The largest absolute Gasteiger partial charge is 0.493 e. The van der Waals surface area contributed by atoms with Crippen LogP contribution >= 0.6 is 0 Å². The summed E-state index contributed by atoms with van der Waals surface area (Å²) in [5.74, 6) is -0.610. The summed E-state index contributed by atoms with van der Waals surface area (Å²) in [5.41, 5.74) is -0.750. The van der Waals surface area contributed by atoms with Crippen molar-refractivity contribution in [2.24, 2.45) is 0 Å². The van der Waals surface area contributed by atoms with Crippen LogP contribution in [0.2, 0.25) is 0 Å². The first-order chi connectivity index (χ1) is 15.8. The van der Waals surface area contributed by atoms with Gasteiger partial charge in [0.15, 0.2) is 11.5 Å². The molecule has 0 unspecified atom stereocenters. The number of rotatable bonds is 6. The first kappa shape index (κ1) is 22.3. The first-order valence-electron chi connectivity index (χ1n) is 9.89. The monoisotopic (exact) mass is 456 g/mol. The second-order valence-corrected chi connectivity index (χ2v) is 7.14. The van der Waals surface area contributed by atoms with Crippen molar-refractivity contribution in [1.29, 1.82) is 0 Å². The molecule has 0 atom stereocenters. The maximum atomic E-state index is 13.9. The second kappa shape index (κ2) is 8.90. The van der Waals surface area contributed by atoms with Gasteiger partial charge in [-0.25, -0.2) is 0 Å². The molecule has 33 heavy (non-hydrogen) atoms. The van der Waals surface area contributed by atoms with Gasteiger partial charge in [-0.3, -0.25) is 4.79 Å². The zero-order chi connectivity index (χ0) is 23.6.